The topological polar surface area (TPSA) is 17.1 Å². The number of rotatable bonds is 4. The van der Waals surface area contributed by atoms with Crippen LogP contribution in [0, 0.1) is 35.5 Å². The van der Waals surface area contributed by atoms with Crippen LogP contribution in [-0.2, 0) is 4.79 Å². The van der Waals surface area contributed by atoms with Crippen molar-refractivity contribution in [1.29, 1.82) is 0 Å². The lowest BCUT2D eigenvalue weighted by molar-refractivity contribution is -0.112. The molecule has 0 spiro atoms. The second kappa shape index (κ2) is 7.79. The summed E-state index contributed by atoms with van der Waals surface area (Å²) in [6.07, 6.45) is 20.0. The van der Waals surface area contributed by atoms with Gasteiger partial charge in [0, 0.05) is 5.92 Å². The Morgan fingerprint density at radius 3 is 1.18 bits per heavy atom. The molecule has 3 aliphatic carbocycles. The van der Waals surface area contributed by atoms with Gasteiger partial charge in [-0.2, -0.15) is 0 Å². The summed E-state index contributed by atoms with van der Waals surface area (Å²) in [6, 6.07) is 0. The monoisotopic (exact) mass is 302 g/mol. The number of carbonyl (C=O) groups is 1. The van der Waals surface area contributed by atoms with E-state index in [1.54, 1.807) is 0 Å². The molecule has 0 N–H and O–H groups in total. The molecule has 3 aliphatic rings. The molecule has 3 rings (SSSR count). The van der Waals surface area contributed by atoms with Crippen LogP contribution >= 0.6 is 0 Å². The highest BCUT2D eigenvalue weighted by Gasteiger charge is 2.34. The predicted molar refractivity (Wildman–Crippen MR) is 92.6 cm³/mol. The zero-order valence-corrected chi connectivity index (χ0v) is 14.2. The molecule has 0 amide bonds. The third kappa shape index (κ3) is 3.84. The number of hydrogen-bond donors (Lipinski definition) is 0. The quantitative estimate of drug-likeness (QED) is 0.474. The number of carbonyl (C=O) groups excluding carboxylic acids is 1. The van der Waals surface area contributed by atoms with Gasteiger partial charge >= 0.3 is 0 Å². The van der Waals surface area contributed by atoms with Gasteiger partial charge in [0.25, 0.3) is 0 Å². The fraction of sp³-hybridized carbons (Fsp3) is 0.857. The van der Waals surface area contributed by atoms with E-state index < -0.39 is 0 Å². The maximum Gasteiger partial charge on any atom is 0.123 e. The third-order valence-corrected chi connectivity index (χ3v) is 7.31. The minimum absolute atomic E-state index is 0.382. The average Bonchev–Trinajstić information content (AvgIpc) is 2.62. The van der Waals surface area contributed by atoms with Gasteiger partial charge in [0.1, 0.15) is 6.29 Å². The second-order valence-electron chi connectivity index (χ2n) is 8.40. The van der Waals surface area contributed by atoms with Gasteiger partial charge in [0.05, 0.1) is 0 Å². The van der Waals surface area contributed by atoms with E-state index in [-0.39, 0.29) is 0 Å². The third-order valence-electron chi connectivity index (χ3n) is 7.31. The summed E-state index contributed by atoms with van der Waals surface area (Å²) in [5.74, 6) is 5.14. The Morgan fingerprint density at radius 1 is 0.545 bits per heavy atom. The lowest BCUT2D eigenvalue weighted by Gasteiger charge is -2.40. The molecule has 0 heterocycles. The Bertz CT molecular complexity index is 314. The molecule has 0 aromatic heterocycles. The van der Waals surface area contributed by atoms with Crippen molar-refractivity contribution in [3.8, 4) is 0 Å². The molecule has 0 unspecified atom stereocenters. The summed E-state index contributed by atoms with van der Waals surface area (Å²) in [6.45, 7) is 3.97. The molecule has 124 valence electrons. The van der Waals surface area contributed by atoms with Gasteiger partial charge in [-0.1, -0.05) is 6.08 Å². The van der Waals surface area contributed by atoms with Crippen molar-refractivity contribution < 1.29 is 4.79 Å². The molecule has 22 heavy (non-hydrogen) atoms. The molecule has 0 aromatic carbocycles. The smallest absolute Gasteiger partial charge is 0.123 e. The molecule has 0 radical (unpaired) electrons. The van der Waals surface area contributed by atoms with Gasteiger partial charge in [-0.15, -0.1) is 6.58 Å². The summed E-state index contributed by atoms with van der Waals surface area (Å²) >= 11 is 0. The molecule has 0 aromatic rings. The van der Waals surface area contributed by atoms with Gasteiger partial charge < -0.3 is 4.79 Å². The Kier molecular flexibility index (Phi) is 5.77. The van der Waals surface area contributed by atoms with E-state index in [4.69, 9.17) is 0 Å². The molecule has 0 aliphatic heterocycles. The molecule has 1 nitrogen and oxygen atoms in total. The Hall–Kier alpha value is -0.590. The van der Waals surface area contributed by atoms with Crippen molar-refractivity contribution in [3.05, 3.63) is 12.7 Å². The first-order valence-electron chi connectivity index (χ1n) is 9.88. The van der Waals surface area contributed by atoms with Crippen LogP contribution in [0.5, 0.6) is 0 Å². The molecule has 0 bridgehead atoms. The Morgan fingerprint density at radius 2 is 0.864 bits per heavy atom. The Balaban J connectivity index is 1.41. The van der Waals surface area contributed by atoms with Gasteiger partial charge in [-0.25, -0.2) is 0 Å². The first-order valence-corrected chi connectivity index (χ1v) is 9.88. The lowest BCUT2D eigenvalue weighted by atomic mass is 9.65. The second-order valence-corrected chi connectivity index (χ2v) is 8.40. The van der Waals surface area contributed by atoms with Crippen molar-refractivity contribution in [2.45, 2.75) is 77.0 Å². The molecule has 3 saturated carbocycles. The van der Waals surface area contributed by atoms with Crippen LogP contribution in [0.2, 0.25) is 0 Å². The zero-order valence-electron chi connectivity index (χ0n) is 14.2. The normalized spacial score (nSPS) is 43.5. The van der Waals surface area contributed by atoms with Crippen LogP contribution in [0.1, 0.15) is 77.0 Å². The SMILES string of the molecule is C=CC1CCC(C2CCC(C3CCC(C=O)CC3)CC2)CC1. The number of aldehydes is 1. The molecule has 1 heteroatoms. The Labute approximate surface area is 136 Å². The molecular formula is C21H34O. The van der Waals surface area contributed by atoms with Crippen molar-refractivity contribution >= 4 is 6.29 Å². The van der Waals surface area contributed by atoms with E-state index in [2.05, 4.69) is 12.7 Å². The minimum atomic E-state index is 0.382. The van der Waals surface area contributed by atoms with Crippen LogP contribution < -0.4 is 0 Å². The first-order chi connectivity index (χ1) is 10.8. The van der Waals surface area contributed by atoms with Crippen molar-refractivity contribution in [3.63, 3.8) is 0 Å². The molecule has 0 saturated heterocycles. The van der Waals surface area contributed by atoms with E-state index >= 15 is 0 Å². The fourth-order valence-corrected chi connectivity index (χ4v) is 5.69. The number of allylic oxidation sites excluding steroid dienone is 1. The van der Waals surface area contributed by atoms with Gasteiger partial charge in [-0.3, -0.25) is 0 Å². The van der Waals surface area contributed by atoms with E-state index in [1.807, 2.05) is 0 Å². The minimum Gasteiger partial charge on any atom is -0.303 e. The van der Waals surface area contributed by atoms with Crippen LogP contribution in [0.25, 0.3) is 0 Å². The summed E-state index contributed by atoms with van der Waals surface area (Å²) in [4.78, 5) is 10.9. The highest BCUT2D eigenvalue weighted by molar-refractivity contribution is 5.53. The lowest BCUT2D eigenvalue weighted by Crippen LogP contribution is -2.29. The molecule has 3 fully saturated rings. The summed E-state index contributed by atoms with van der Waals surface area (Å²) in [5.41, 5.74) is 0. The van der Waals surface area contributed by atoms with Crippen LogP contribution in [-0.4, -0.2) is 6.29 Å². The molecular weight excluding hydrogens is 268 g/mol. The maximum atomic E-state index is 10.9. The highest BCUT2D eigenvalue weighted by atomic mass is 16.1. The van der Waals surface area contributed by atoms with Crippen molar-refractivity contribution in [2.24, 2.45) is 35.5 Å². The highest BCUT2D eigenvalue weighted by Crippen LogP contribution is 2.45. The van der Waals surface area contributed by atoms with E-state index in [0.29, 0.717) is 5.92 Å². The van der Waals surface area contributed by atoms with E-state index in [1.165, 1.54) is 83.3 Å². The van der Waals surface area contributed by atoms with Gasteiger partial charge in [-0.05, 0) is 107 Å². The van der Waals surface area contributed by atoms with E-state index in [0.717, 1.165) is 29.6 Å². The van der Waals surface area contributed by atoms with Crippen LogP contribution in [0.3, 0.4) is 0 Å². The largest absolute Gasteiger partial charge is 0.303 e. The van der Waals surface area contributed by atoms with Gasteiger partial charge in [0.15, 0.2) is 0 Å². The predicted octanol–water partition coefficient (Wildman–Crippen LogP) is 5.79. The maximum absolute atomic E-state index is 10.9. The van der Waals surface area contributed by atoms with E-state index in [9.17, 15) is 4.79 Å². The van der Waals surface area contributed by atoms with Gasteiger partial charge in [0.2, 0.25) is 0 Å². The van der Waals surface area contributed by atoms with Crippen LogP contribution in [0.4, 0.5) is 0 Å². The molecule has 0 atom stereocenters. The number of hydrogen-bond acceptors (Lipinski definition) is 1. The fourth-order valence-electron chi connectivity index (χ4n) is 5.69. The van der Waals surface area contributed by atoms with Crippen molar-refractivity contribution in [2.75, 3.05) is 0 Å². The summed E-state index contributed by atoms with van der Waals surface area (Å²) < 4.78 is 0. The summed E-state index contributed by atoms with van der Waals surface area (Å²) in [7, 11) is 0. The van der Waals surface area contributed by atoms with Crippen LogP contribution in [0.15, 0.2) is 12.7 Å². The van der Waals surface area contributed by atoms with Crippen molar-refractivity contribution in [1.82, 2.24) is 0 Å². The average molecular weight is 303 g/mol. The standard InChI is InChI=1S/C21H34O/c1-2-16-3-7-18(8-4-16)20-11-13-21(14-12-20)19-9-5-17(15-22)6-10-19/h2,15-21H,1,3-14H2. The first kappa shape index (κ1) is 16.3. The summed E-state index contributed by atoms with van der Waals surface area (Å²) in [5, 5.41) is 0. The zero-order chi connectivity index (χ0) is 15.4.